The van der Waals surface area contributed by atoms with E-state index in [4.69, 9.17) is 4.74 Å². The zero-order chi connectivity index (χ0) is 19.3. The lowest BCUT2D eigenvalue weighted by atomic mass is 9.97. The summed E-state index contributed by atoms with van der Waals surface area (Å²) in [5.41, 5.74) is 7.16. The summed E-state index contributed by atoms with van der Waals surface area (Å²) in [7, 11) is 0. The number of fused-ring (bicyclic) bond motifs is 2. The average molecular weight is 396 g/mol. The first-order valence-electron chi connectivity index (χ1n) is 8.88. The van der Waals surface area contributed by atoms with Crippen molar-refractivity contribution in [1.82, 2.24) is 9.66 Å². The molecule has 6 nitrogen and oxygen atoms in total. The van der Waals surface area contributed by atoms with Crippen molar-refractivity contribution in [3.05, 3.63) is 71.3 Å². The van der Waals surface area contributed by atoms with Crippen LogP contribution in [0.2, 0.25) is 0 Å². The summed E-state index contributed by atoms with van der Waals surface area (Å²) in [6, 6.07) is 12.2. The van der Waals surface area contributed by atoms with Crippen molar-refractivity contribution >= 4 is 23.4 Å². The van der Waals surface area contributed by atoms with Gasteiger partial charge in [0, 0.05) is 0 Å². The van der Waals surface area contributed by atoms with Crippen molar-refractivity contribution in [3.63, 3.8) is 0 Å². The molecular weight excluding hydrogens is 379 g/mol. The van der Waals surface area contributed by atoms with Gasteiger partial charge in [-0.2, -0.15) is 0 Å². The standard InChI is InChI=1S/C20H17FN4O2S/c1-11-9-22-20-25(11)24-18(12-2-5-14(21)6-3-12)19(28-20)13-4-7-16-15(8-13)23-17(26)10-27-16/h2-9,18-19,24H,10H2,1H3,(H,23,26). The topological polar surface area (TPSA) is 68.2 Å². The molecule has 2 aliphatic heterocycles. The third-order valence-electron chi connectivity index (χ3n) is 4.90. The lowest BCUT2D eigenvalue weighted by molar-refractivity contribution is -0.118. The van der Waals surface area contributed by atoms with Crippen LogP contribution in [0.3, 0.4) is 0 Å². The van der Waals surface area contributed by atoms with Crippen molar-refractivity contribution in [2.24, 2.45) is 0 Å². The van der Waals surface area contributed by atoms with Gasteiger partial charge < -0.3 is 15.5 Å². The molecule has 0 saturated carbocycles. The number of aromatic nitrogens is 2. The third-order valence-corrected chi connectivity index (χ3v) is 6.20. The highest BCUT2D eigenvalue weighted by molar-refractivity contribution is 7.99. The molecule has 0 radical (unpaired) electrons. The van der Waals surface area contributed by atoms with Crippen LogP contribution in [0.4, 0.5) is 10.1 Å². The lowest BCUT2D eigenvalue weighted by Gasteiger charge is -2.35. The minimum Gasteiger partial charge on any atom is -0.482 e. The molecule has 2 aromatic carbocycles. The molecule has 0 fully saturated rings. The molecule has 0 aliphatic carbocycles. The number of halogens is 1. The fourth-order valence-electron chi connectivity index (χ4n) is 3.50. The van der Waals surface area contributed by atoms with Gasteiger partial charge in [-0.1, -0.05) is 30.0 Å². The first-order valence-corrected chi connectivity index (χ1v) is 9.76. The Labute approximate surface area is 165 Å². The van der Waals surface area contributed by atoms with Gasteiger partial charge in [-0.25, -0.2) is 14.1 Å². The highest BCUT2D eigenvalue weighted by atomic mass is 32.2. The largest absolute Gasteiger partial charge is 0.482 e. The number of anilines is 1. The number of hydrogen-bond acceptors (Lipinski definition) is 5. The molecule has 0 saturated heterocycles. The molecule has 2 aliphatic rings. The number of aryl methyl sites for hydroxylation is 1. The summed E-state index contributed by atoms with van der Waals surface area (Å²) >= 11 is 1.63. The van der Waals surface area contributed by atoms with Crippen molar-refractivity contribution in [2.45, 2.75) is 23.4 Å². The normalized spacial score (nSPS) is 20.4. The molecule has 28 heavy (non-hydrogen) atoms. The van der Waals surface area contributed by atoms with Crippen LogP contribution in [0.1, 0.15) is 28.1 Å². The van der Waals surface area contributed by atoms with Crippen LogP contribution in [0.5, 0.6) is 5.75 Å². The Hall–Kier alpha value is -3.00. The summed E-state index contributed by atoms with van der Waals surface area (Å²) in [6.45, 7) is 2.01. The maximum Gasteiger partial charge on any atom is 0.262 e. The second-order valence-electron chi connectivity index (χ2n) is 6.81. The number of carbonyl (C=O) groups is 1. The first kappa shape index (κ1) is 17.1. The fraction of sp³-hybridized carbons (Fsp3) is 0.200. The Morgan fingerprint density at radius 1 is 1.21 bits per heavy atom. The molecule has 2 unspecified atom stereocenters. The summed E-state index contributed by atoms with van der Waals surface area (Å²) in [4.78, 5) is 16.2. The SMILES string of the molecule is Cc1cnc2n1NC(c1ccc(F)cc1)C(c1ccc3c(c1)NC(=O)CO3)S2. The molecule has 5 rings (SSSR count). The minimum absolute atomic E-state index is 0.0242. The molecule has 3 aromatic rings. The summed E-state index contributed by atoms with van der Waals surface area (Å²) in [6.07, 6.45) is 1.82. The predicted molar refractivity (Wildman–Crippen MR) is 105 cm³/mol. The van der Waals surface area contributed by atoms with E-state index >= 15 is 0 Å². The van der Waals surface area contributed by atoms with Gasteiger partial charge in [-0.05, 0) is 42.3 Å². The molecular formula is C20H17FN4O2S. The van der Waals surface area contributed by atoms with E-state index < -0.39 is 0 Å². The summed E-state index contributed by atoms with van der Waals surface area (Å²) in [5.74, 6) is 0.227. The predicted octanol–water partition coefficient (Wildman–Crippen LogP) is 3.79. The van der Waals surface area contributed by atoms with Gasteiger partial charge in [-0.3, -0.25) is 4.79 Å². The second kappa shape index (κ2) is 6.56. The van der Waals surface area contributed by atoms with E-state index in [0.717, 1.165) is 22.0 Å². The number of benzene rings is 2. The second-order valence-corrected chi connectivity index (χ2v) is 7.92. The molecule has 0 spiro atoms. The number of hydrogen-bond donors (Lipinski definition) is 2. The van der Waals surface area contributed by atoms with Crippen LogP contribution < -0.4 is 15.5 Å². The van der Waals surface area contributed by atoms with Crippen LogP contribution in [-0.4, -0.2) is 22.2 Å². The molecule has 1 aromatic heterocycles. The quantitative estimate of drug-likeness (QED) is 0.690. The van der Waals surface area contributed by atoms with E-state index in [2.05, 4.69) is 15.7 Å². The monoisotopic (exact) mass is 396 g/mol. The number of carbonyl (C=O) groups excluding carboxylic acids is 1. The van der Waals surface area contributed by atoms with Crippen molar-refractivity contribution in [3.8, 4) is 5.75 Å². The molecule has 2 atom stereocenters. The van der Waals surface area contributed by atoms with Crippen molar-refractivity contribution in [1.29, 1.82) is 0 Å². The number of imidazole rings is 1. The van der Waals surface area contributed by atoms with E-state index in [0.29, 0.717) is 11.4 Å². The highest BCUT2D eigenvalue weighted by Crippen LogP contribution is 2.48. The summed E-state index contributed by atoms with van der Waals surface area (Å²) < 4.78 is 20.9. The molecule has 3 heterocycles. The van der Waals surface area contributed by atoms with Gasteiger partial charge in [0.1, 0.15) is 11.6 Å². The molecule has 2 N–H and O–H groups in total. The van der Waals surface area contributed by atoms with E-state index in [1.807, 2.05) is 36.0 Å². The maximum atomic E-state index is 13.5. The Morgan fingerprint density at radius 3 is 2.82 bits per heavy atom. The fourth-order valence-corrected chi connectivity index (χ4v) is 4.78. The van der Waals surface area contributed by atoms with Crippen LogP contribution in [0.15, 0.2) is 53.8 Å². The highest BCUT2D eigenvalue weighted by Gasteiger charge is 2.34. The number of nitrogens with zero attached hydrogens (tertiary/aromatic N) is 2. The summed E-state index contributed by atoms with van der Waals surface area (Å²) in [5, 5.41) is 3.70. The maximum absolute atomic E-state index is 13.5. The zero-order valence-corrected chi connectivity index (χ0v) is 15.8. The van der Waals surface area contributed by atoms with Gasteiger partial charge in [0.25, 0.3) is 5.91 Å². The number of thioether (sulfide) groups is 1. The number of ether oxygens (including phenoxy) is 1. The van der Waals surface area contributed by atoms with E-state index in [1.165, 1.54) is 12.1 Å². The Morgan fingerprint density at radius 2 is 2.00 bits per heavy atom. The molecule has 0 bridgehead atoms. The minimum atomic E-state index is -0.267. The van der Waals surface area contributed by atoms with Gasteiger partial charge in [0.05, 0.1) is 28.9 Å². The number of rotatable bonds is 2. The van der Waals surface area contributed by atoms with Crippen LogP contribution in [-0.2, 0) is 4.79 Å². The molecule has 8 heteroatoms. The first-order chi connectivity index (χ1) is 13.6. The van der Waals surface area contributed by atoms with Crippen LogP contribution in [0, 0.1) is 12.7 Å². The van der Waals surface area contributed by atoms with E-state index in [1.54, 1.807) is 23.9 Å². The van der Waals surface area contributed by atoms with Gasteiger partial charge in [-0.15, -0.1) is 0 Å². The zero-order valence-electron chi connectivity index (χ0n) is 15.0. The van der Waals surface area contributed by atoms with Crippen LogP contribution >= 0.6 is 11.8 Å². The average Bonchev–Trinajstić information content (AvgIpc) is 3.07. The Kier molecular flexibility index (Phi) is 4.01. The smallest absolute Gasteiger partial charge is 0.262 e. The van der Waals surface area contributed by atoms with E-state index in [9.17, 15) is 9.18 Å². The molecule has 142 valence electrons. The van der Waals surface area contributed by atoms with Crippen molar-refractivity contribution < 1.29 is 13.9 Å². The van der Waals surface area contributed by atoms with E-state index in [-0.39, 0.29) is 29.6 Å². The Balaban J connectivity index is 1.58. The number of amides is 1. The van der Waals surface area contributed by atoms with Gasteiger partial charge >= 0.3 is 0 Å². The van der Waals surface area contributed by atoms with Gasteiger partial charge in [0.2, 0.25) is 0 Å². The van der Waals surface area contributed by atoms with Crippen molar-refractivity contribution in [2.75, 3.05) is 17.3 Å². The number of nitrogens with one attached hydrogen (secondary N) is 2. The Bertz CT molecular complexity index is 1070. The lowest BCUT2D eigenvalue weighted by Crippen LogP contribution is -2.31. The van der Waals surface area contributed by atoms with Crippen LogP contribution in [0.25, 0.3) is 0 Å². The molecule has 1 amide bonds. The van der Waals surface area contributed by atoms with Gasteiger partial charge in [0.15, 0.2) is 11.8 Å². The third kappa shape index (κ3) is 2.90.